The van der Waals surface area contributed by atoms with Crippen molar-refractivity contribution in [2.24, 2.45) is 17.6 Å². The number of thiophene rings is 1. The largest absolute Gasteiger partial charge is 0.324 e. The van der Waals surface area contributed by atoms with E-state index in [1.54, 1.807) is 11.3 Å². The summed E-state index contributed by atoms with van der Waals surface area (Å²) < 4.78 is 0.861. The smallest absolute Gasteiger partial charge is 0.0976 e. The molecule has 2 N–H and O–H groups in total. The lowest BCUT2D eigenvalue weighted by molar-refractivity contribution is 0.418. The van der Waals surface area contributed by atoms with Crippen LogP contribution in [-0.2, 0) is 0 Å². The van der Waals surface area contributed by atoms with Crippen molar-refractivity contribution in [2.75, 3.05) is 0 Å². The van der Waals surface area contributed by atoms with Crippen molar-refractivity contribution < 1.29 is 0 Å². The molecule has 0 amide bonds. The Hall–Kier alpha value is -0.0500. The minimum absolute atomic E-state index is 0.131. The molecule has 0 radical (unpaired) electrons. The second kappa shape index (κ2) is 3.60. The molecule has 3 heteroatoms. The number of halogens is 1. The topological polar surface area (TPSA) is 26.0 Å². The van der Waals surface area contributed by atoms with Gasteiger partial charge >= 0.3 is 0 Å². The number of hydrogen-bond donors (Lipinski definition) is 1. The van der Waals surface area contributed by atoms with E-state index in [9.17, 15) is 0 Å². The van der Waals surface area contributed by atoms with Gasteiger partial charge in [0.1, 0.15) is 0 Å². The molecule has 0 aromatic carbocycles. The van der Waals surface area contributed by atoms with Crippen LogP contribution in [0.5, 0.6) is 0 Å². The Balaban J connectivity index is 2.11. The third-order valence-corrected chi connectivity index (χ3v) is 4.14. The molecule has 1 aliphatic rings. The van der Waals surface area contributed by atoms with E-state index in [1.807, 2.05) is 5.38 Å². The fourth-order valence-electron chi connectivity index (χ4n) is 1.74. The monoisotopic (exact) mass is 215 g/mol. The van der Waals surface area contributed by atoms with Crippen LogP contribution < -0.4 is 5.73 Å². The molecular formula is C10H14ClNS. The van der Waals surface area contributed by atoms with E-state index in [1.165, 1.54) is 12.8 Å². The van der Waals surface area contributed by atoms with Crippen LogP contribution in [0.25, 0.3) is 0 Å². The van der Waals surface area contributed by atoms with Gasteiger partial charge in [-0.3, -0.25) is 0 Å². The first-order valence-electron chi connectivity index (χ1n) is 4.68. The maximum absolute atomic E-state index is 6.15. The van der Waals surface area contributed by atoms with Crippen molar-refractivity contribution in [1.29, 1.82) is 0 Å². The molecule has 1 aromatic rings. The van der Waals surface area contributed by atoms with Crippen LogP contribution in [0.4, 0.5) is 0 Å². The van der Waals surface area contributed by atoms with Crippen molar-refractivity contribution in [3.63, 3.8) is 0 Å². The maximum atomic E-state index is 6.15. The first-order valence-corrected chi connectivity index (χ1v) is 5.94. The highest BCUT2D eigenvalue weighted by atomic mass is 35.5. The van der Waals surface area contributed by atoms with Crippen LogP contribution >= 0.6 is 22.9 Å². The molecule has 1 nitrogen and oxygen atoms in total. The molecule has 1 heterocycles. The molecule has 0 spiro atoms. The fraction of sp³-hybridized carbons (Fsp3) is 0.600. The van der Waals surface area contributed by atoms with Gasteiger partial charge in [-0.2, -0.15) is 0 Å². The van der Waals surface area contributed by atoms with Crippen molar-refractivity contribution in [2.45, 2.75) is 25.8 Å². The number of nitrogens with two attached hydrogens (primary N) is 1. The third-order valence-electron chi connectivity index (χ3n) is 2.94. The van der Waals surface area contributed by atoms with Crippen LogP contribution in [0.1, 0.15) is 31.4 Å². The minimum atomic E-state index is 0.131. The van der Waals surface area contributed by atoms with Crippen LogP contribution in [0.2, 0.25) is 4.34 Å². The lowest BCUT2D eigenvalue weighted by Gasteiger charge is -2.18. The maximum Gasteiger partial charge on any atom is 0.0976 e. The summed E-state index contributed by atoms with van der Waals surface area (Å²) in [5.74, 6) is 1.41. The summed E-state index contributed by atoms with van der Waals surface area (Å²) in [4.78, 5) is 0. The second-order valence-electron chi connectivity index (χ2n) is 3.87. The summed E-state index contributed by atoms with van der Waals surface area (Å²) in [5, 5.41) is 2.01. The Morgan fingerprint density at radius 1 is 1.62 bits per heavy atom. The van der Waals surface area contributed by atoms with E-state index in [4.69, 9.17) is 17.3 Å². The van der Waals surface area contributed by atoms with Crippen molar-refractivity contribution in [1.82, 2.24) is 0 Å². The first-order chi connectivity index (χ1) is 6.20. The van der Waals surface area contributed by atoms with Gasteiger partial charge in [-0.25, -0.2) is 0 Å². The SMILES string of the molecule is CC(C1CC1)C(N)c1ccsc1Cl. The quantitative estimate of drug-likeness (QED) is 0.822. The van der Waals surface area contributed by atoms with E-state index < -0.39 is 0 Å². The zero-order chi connectivity index (χ0) is 9.42. The summed E-state index contributed by atoms with van der Waals surface area (Å²) in [6.07, 6.45) is 2.69. The Kier molecular flexibility index (Phi) is 2.63. The third kappa shape index (κ3) is 1.90. The zero-order valence-corrected chi connectivity index (χ0v) is 9.24. The van der Waals surface area contributed by atoms with Crippen LogP contribution in [0.3, 0.4) is 0 Å². The minimum Gasteiger partial charge on any atom is -0.324 e. The average molecular weight is 216 g/mol. The summed E-state index contributed by atoms with van der Waals surface area (Å²) in [7, 11) is 0. The van der Waals surface area contributed by atoms with E-state index in [2.05, 4.69) is 13.0 Å². The molecule has 0 bridgehead atoms. The highest BCUT2D eigenvalue weighted by Gasteiger charge is 2.33. The van der Waals surface area contributed by atoms with Gasteiger partial charge in [-0.05, 0) is 41.7 Å². The Morgan fingerprint density at radius 2 is 2.31 bits per heavy atom. The molecule has 2 unspecified atom stereocenters. The van der Waals surface area contributed by atoms with Gasteiger partial charge in [0, 0.05) is 6.04 Å². The van der Waals surface area contributed by atoms with Gasteiger partial charge in [0.15, 0.2) is 0 Å². The molecule has 0 saturated heterocycles. The number of hydrogen-bond acceptors (Lipinski definition) is 2. The fourth-order valence-corrected chi connectivity index (χ4v) is 2.76. The highest BCUT2D eigenvalue weighted by molar-refractivity contribution is 7.14. The Labute approximate surface area is 87.9 Å². The van der Waals surface area contributed by atoms with Gasteiger partial charge in [0.25, 0.3) is 0 Å². The van der Waals surface area contributed by atoms with Crippen molar-refractivity contribution >= 4 is 22.9 Å². The Morgan fingerprint density at radius 3 is 2.77 bits per heavy atom. The molecule has 2 rings (SSSR count). The molecule has 72 valence electrons. The summed E-state index contributed by atoms with van der Waals surface area (Å²) >= 11 is 7.61. The van der Waals surface area contributed by atoms with Gasteiger partial charge < -0.3 is 5.73 Å². The molecule has 1 saturated carbocycles. The van der Waals surface area contributed by atoms with E-state index in [-0.39, 0.29) is 6.04 Å². The van der Waals surface area contributed by atoms with Gasteiger partial charge in [-0.15, -0.1) is 11.3 Å². The lowest BCUT2D eigenvalue weighted by atomic mass is 9.93. The lowest BCUT2D eigenvalue weighted by Crippen LogP contribution is -2.20. The predicted molar refractivity (Wildman–Crippen MR) is 58.1 cm³/mol. The molecular weight excluding hydrogens is 202 g/mol. The predicted octanol–water partition coefficient (Wildman–Crippen LogP) is 3.45. The zero-order valence-electron chi connectivity index (χ0n) is 7.66. The van der Waals surface area contributed by atoms with Crippen LogP contribution in [0.15, 0.2) is 11.4 Å². The average Bonchev–Trinajstić information content (AvgIpc) is 2.87. The van der Waals surface area contributed by atoms with E-state index in [0.717, 1.165) is 15.8 Å². The number of rotatable bonds is 3. The van der Waals surface area contributed by atoms with Gasteiger partial charge in [0.05, 0.1) is 4.34 Å². The standard InChI is InChI=1S/C10H14ClNS/c1-6(7-2-3-7)9(12)8-4-5-13-10(8)11/h4-7,9H,2-3,12H2,1H3. The first kappa shape index (κ1) is 9.50. The summed E-state index contributed by atoms with van der Waals surface area (Å²) in [5.41, 5.74) is 7.28. The van der Waals surface area contributed by atoms with Gasteiger partial charge in [-0.1, -0.05) is 18.5 Å². The molecule has 1 aliphatic carbocycles. The molecule has 13 heavy (non-hydrogen) atoms. The van der Waals surface area contributed by atoms with Crippen molar-refractivity contribution in [3.05, 3.63) is 21.3 Å². The molecule has 2 atom stereocenters. The van der Waals surface area contributed by atoms with Crippen LogP contribution in [-0.4, -0.2) is 0 Å². The molecule has 0 aliphatic heterocycles. The van der Waals surface area contributed by atoms with E-state index in [0.29, 0.717) is 5.92 Å². The Bertz CT molecular complexity index is 293. The normalized spacial score (nSPS) is 21.5. The summed E-state index contributed by atoms with van der Waals surface area (Å²) in [6, 6.07) is 2.18. The van der Waals surface area contributed by atoms with Crippen molar-refractivity contribution in [3.8, 4) is 0 Å². The molecule has 1 fully saturated rings. The second-order valence-corrected chi connectivity index (χ2v) is 5.39. The highest BCUT2D eigenvalue weighted by Crippen LogP contribution is 2.43. The van der Waals surface area contributed by atoms with E-state index >= 15 is 0 Å². The summed E-state index contributed by atoms with van der Waals surface area (Å²) in [6.45, 7) is 2.23. The molecule has 1 aromatic heterocycles. The van der Waals surface area contributed by atoms with Crippen LogP contribution in [0, 0.1) is 11.8 Å². The van der Waals surface area contributed by atoms with Gasteiger partial charge in [0.2, 0.25) is 0 Å².